The number of ether oxygens (including phenoxy) is 1. The predicted octanol–water partition coefficient (Wildman–Crippen LogP) is 1.92. The van der Waals surface area contributed by atoms with E-state index in [0.717, 1.165) is 0 Å². The molecule has 3 atom stereocenters. The molecule has 1 aliphatic rings. The number of amides is 1. The summed E-state index contributed by atoms with van der Waals surface area (Å²) in [6.07, 6.45) is -4.15. The summed E-state index contributed by atoms with van der Waals surface area (Å²) in [6, 6.07) is 5.86. The minimum absolute atomic E-state index is 0.0392. The van der Waals surface area contributed by atoms with Gasteiger partial charge in [0.2, 0.25) is 0 Å². The van der Waals surface area contributed by atoms with Gasteiger partial charge in [0.25, 0.3) is 5.91 Å². The van der Waals surface area contributed by atoms with Gasteiger partial charge in [-0.2, -0.15) is 18.4 Å². The zero-order valence-corrected chi connectivity index (χ0v) is 16.1. The summed E-state index contributed by atoms with van der Waals surface area (Å²) in [5.41, 5.74) is 6.62. The maximum Gasteiger partial charge on any atom is 0.403 e. The van der Waals surface area contributed by atoms with Crippen LogP contribution >= 0.6 is 0 Å². The van der Waals surface area contributed by atoms with Gasteiger partial charge < -0.3 is 21.1 Å². The van der Waals surface area contributed by atoms with Gasteiger partial charge in [0.15, 0.2) is 0 Å². The Kier molecular flexibility index (Phi) is 6.87. The van der Waals surface area contributed by atoms with Crippen LogP contribution in [-0.2, 0) is 9.53 Å². The fourth-order valence-corrected chi connectivity index (χ4v) is 3.40. The quantitative estimate of drug-likeness (QED) is 0.657. The molecule has 0 aliphatic carbocycles. The van der Waals surface area contributed by atoms with Crippen molar-refractivity contribution in [3.8, 4) is 6.07 Å². The van der Waals surface area contributed by atoms with Crippen molar-refractivity contribution in [1.82, 2.24) is 15.6 Å². The molecular weight excluding hydrogens is 399 g/mol. The summed E-state index contributed by atoms with van der Waals surface area (Å²) in [6.45, 7) is 1.31. The Balaban J connectivity index is 1.92. The van der Waals surface area contributed by atoms with Gasteiger partial charge in [-0.1, -0.05) is 12.1 Å². The minimum atomic E-state index is -4.53. The number of nitriles is 1. The second-order valence-corrected chi connectivity index (χ2v) is 7.06. The Bertz CT molecular complexity index is 938. The number of carbonyl (C=O) groups excluding carboxylic acids is 1. The number of carbonyl (C=O) groups is 1. The van der Waals surface area contributed by atoms with E-state index in [1.54, 1.807) is 24.3 Å². The second-order valence-electron chi connectivity index (χ2n) is 7.06. The third-order valence-corrected chi connectivity index (χ3v) is 5.02. The molecule has 1 aromatic heterocycles. The van der Waals surface area contributed by atoms with Crippen LogP contribution in [0.15, 0.2) is 30.5 Å². The lowest BCUT2D eigenvalue weighted by atomic mass is 9.94. The zero-order valence-electron chi connectivity index (χ0n) is 16.1. The first-order valence-corrected chi connectivity index (χ1v) is 9.54. The summed E-state index contributed by atoms with van der Waals surface area (Å²) < 4.78 is 44.2. The molecular formula is C20H22F3N5O2. The number of nitrogens with one attached hydrogen (secondary N) is 2. The Morgan fingerprint density at radius 3 is 2.87 bits per heavy atom. The average Bonchev–Trinajstić information content (AvgIpc) is 2.75. The van der Waals surface area contributed by atoms with Crippen molar-refractivity contribution in [2.75, 3.05) is 19.7 Å². The number of nitrogens with zero attached hydrogens (tertiary/aromatic N) is 2. The topological polar surface area (TPSA) is 113 Å². The molecule has 1 aliphatic heterocycles. The van der Waals surface area contributed by atoms with Crippen LogP contribution in [0.1, 0.15) is 30.0 Å². The van der Waals surface area contributed by atoms with Crippen LogP contribution in [0.2, 0.25) is 0 Å². The molecule has 1 amide bonds. The maximum atomic E-state index is 12.9. The van der Waals surface area contributed by atoms with Gasteiger partial charge in [0, 0.05) is 24.7 Å². The molecule has 0 radical (unpaired) electrons. The van der Waals surface area contributed by atoms with E-state index in [1.165, 1.54) is 6.20 Å². The lowest BCUT2D eigenvalue weighted by molar-refractivity contribution is -0.149. The Morgan fingerprint density at radius 1 is 1.40 bits per heavy atom. The van der Waals surface area contributed by atoms with Crippen LogP contribution in [0, 0.1) is 11.3 Å². The molecule has 10 heteroatoms. The molecule has 4 N–H and O–H groups in total. The number of nitrogens with two attached hydrogens (primary N) is 1. The Hall–Kier alpha value is -2.74. The van der Waals surface area contributed by atoms with Crippen LogP contribution in [-0.4, -0.2) is 48.9 Å². The van der Waals surface area contributed by atoms with Crippen LogP contribution in [0.4, 0.5) is 13.2 Å². The fourth-order valence-electron chi connectivity index (χ4n) is 3.40. The highest BCUT2D eigenvalue weighted by Crippen LogP contribution is 2.31. The van der Waals surface area contributed by atoms with E-state index in [1.807, 2.05) is 0 Å². The zero-order chi connectivity index (χ0) is 21.7. The molecule has 0 saturated carbocycles. The van der Waals surface area contributed by atoms with E-state index >= 15 is 0 Å². The van der Waals surface area contributed by atoms with Crippen LogP contribution in [0.5, 0.6) is 0 Å². The molecule has 2 aromatic rings. The van der Waals surface area contributed by atoms with Crippen molar-refractivity contribution in [2.45, 2.75) is 37.2 Å². The summed E-state index contributed by atoms with van der Waals surface area (Å²) in [5, 5.41) is 15.8. The molecule has 0 spiro atoms. The van der Waals surface area contributed by atoms with Crippen molar-refractivity contribution < 1.29 is 22.7 Å². The summed E-state index contributed by atoms with van der Waals surface area (Å²) in [4.78, 5) is 16.9. The van der Waals surface area contributed by atoms with Gasteiger partial charge in [-0.05, 0) is 30.5 Å². The highest BCUT2D eigenvalue weighted by atomic mass is 19.4. The molecule has 1 fully saturated rings. The van der Waals surface area contributed by atoms with Crippen molar-refractivity contribution in [3.63, 3.8) is 0 Å². The standard InChI is InChI=1S/C20H22F3N5O2/c21-20(22,23)17(25)6-5-15(28-19(29)16-11-26-8-9-30-16)13-4-3-12(10-24)18-14(13)2-1-7-27-18/h1-4,7,15-17,26H,5-6,8-9,11,25H2,(H,28,29)/t15-,16?,17-/m1/s1. The number of hydrogen-bond acceptors (Lipinski definition) is 6. The van der Waals surface area contributed by atoms with E-state index in [2.05, 4.69) is 21.7 Å². The number of aromatic nitrogens is 1. The average molecular weight is 421 g/mol. The van der Waals surface area contributed by atoms with E-state index in [-0.39, 0.29) is 12.8 Å². The summed E-state index contributed by atoms with van der Waals surface area (Å²) in [7, 11) is 0. The number of alkyl halides is 3. The Morgan fingerprint density at radius 2 is 2.20 bits per heavy atom. The minimum Gasteiger partial charge on any atom is -0.366 e. The molecule has 1 saturated heterocycles. The van der Waals surface area contributed by atoms with Crippen molar-refractivity contribution in [3.05, 3.63) is 41.6 Å². The van der Waals surface area contributed by atoms with E-state index in [4.69, 9.17) is 10.5 Å². The van der Waals surface area contributed by atoms with Crippen molar-refractivity contribution in [2.24, 2.45) is 5.73 Å². The van der Waals surface area contributed by atoms with E-state index in [9.17, 15) is 23.2 Å². The number of halogens is 3. The summed E-state index contributed by atoms with van der Waals surface area (Å²) >= 11 is 0. The number of benzene rings is 1. The van der Waals surface area contributed by atoms with Gasteiger partial charge >= 0.3 is 6.18 Å². The molecule has 0 bridgehead atoms. The maximum absolute atomic E-state index is 12.9. The highest BCUT2D eigenvalue weighted by Gasteiger charge is 2.37. The summed E-state index contributed by atoms with van der Waals surface area (Å²) in [5.74, 6) is -0.422. The molecule has 160 valence electrons. The van der Waals surface area contributed by atoms with Gasteiger partial charge in [-0.25, -0.2) is 0 Å². The smallest absolute Gasteiger partial charge is 0.366 e. The van der Waals surface area contributed by atoms with Crippen LogP contribution < -0.4 is 16.4 Å². The second kappa shape index (κ2) is 9.38. The first kappa shape index (κ1) is 22.0. The molecule has 30 heavy (non-hydrogen) atoms. The largest absolute Gasteiger partial charge is 0.403 e. The fraction of sp³-hybridized carbons (Fsp3) is 0.450. The molecule has 2 heterocycles. The third kappa shape index (κ3) is 5.05. The van der Waals surface area contributed by atoms with Crippen LogP contribution in [0.25, 0.3) is 10.9 Å². The van der Waals surface area contributed by atoms with E-state index in [0.29, 0.717) is 41.7 Å². The number of pyridine rings is 1. The first-order valence-electron chi connectivity index (χ1n) is 9.54. The lowest BCUT2D eigenvalue weighted by Gasteiger charge is -2.27. The molecule has 3 rings (SSSR count). The van der Waals surface area contributed by atoms with Gasteiger partial charge in [-0.3, -0.25) is 9.78 Å². The van der Waals surface area contributed by atoms with Crippen LogP contribution in [0.3, 0.4) is 0 Å². The SMILES string of the molecule is N#Cc1ccc([C@@H](CC[C@@H](N)C(F)(F)F)NC(=O)C2CNCCO2)c2cccnc12. The predicted molar refractivity (Wildman–Crippen MR) is 103 cm³/mol. The number of fused-ring (bicyclic) bond motifs is 1. The monoisotopic (exact) mass is 421 g/mol. The molecule has 7 nitrogen and oxygen atoms in total. The lowest BCUT2D eigenvalue weighted by Crippen LogP contribution is -2.48. The molecule has 1 unspecified atom stereocenters. The van der Waals surface area contributed by atoms with Crippen molar-refractivity contribution >= 4 is 16.8 Å². The normalized spacial score (nSPS) is 19.1. The van der Waals surface area contributed by atoms with Gasteiger partial charge in [0.05, 0.1) is 23.7 Å². The van der Waals surface area contributed by atoms with Gasteiger partial charge in [-0.15, -0.1) is 0 Å². The number of hydrogen-bond donors (Lipinski definition) is 3. The van der Waals surface area contributed by atoms with Gasteiger partial charge in [0.1, 0.15) is 18.2 Å². The third-order valence-electron chi connectivity index (χ3n) is 5.02. The number of morpholine rings is 1. The highest BCUT2D eigenvalue weighted by molar-refractivity contribution is 5.88. The molecule has 1 aromatic carbocycles. The first-order chi connectivity index (χ1) is 14.3. The number of rotatable bonds is 6. The Labute approximate surface area is 171 Å². The van der Waals surface area contributed by atoms with E-state index < -0.39 is 30.3 Å². The van der Waals surface area contributed by atoms with Crippen molar-refractivity contribution in [1.29, 1.82) is 5.26 Å².